The molecule has 1 rings (SSSR count). The number of amides is 1. The number of nitrogens with one attached hydrogen (secondary N) is 2. The molecule has 0 bridgehead atoms. The van der Waals surface area contributed by atoms with Gasteiger partial charge >= 0.3 is 0 Å². The molecule has 1 aromatic carbocycles. The predicted molar refractivity (Wildman–Crippen MR) is 80.2 cm³/mol. The SMILES string of the molecule is COCC(C)(CO)NCC(=O)Nc1ccc(C#N)c(Cl)c1. The Bertz CT molecular complexity index is 545. The van der Waals surface area contributed by atoms with E-state index in [1.807, 2.05) is 6.07 Å². The molecule has 0 aliphatic rings. The number of carbonyl (C=O) groups excluding carboxylic acids is 1. The van der Waals surface area contributed by atoms with Crippen LogP contribution in [-0.2, 0) is 9.53 Å². The summed E-state index contributed by atoms with van der Waals surface area (Å²) in [5.41, 5.74) is 0.165. The van der Waals surface area contributed by atoms with Crippen molar-refractivity contribution < 1.29 is 14.6 Å². The minimum absolute atomic E-state index is 0.0119. The van der Waals surface area contributed by atoms with Crippen molar-refractivity contribution in [3.63, 3.8) is 0 Å². The van der Waals surface area contributed by atoms with E-state index in [9.17, 15) is 9.90 Å². The first-order valence-corrected chi connectivity index (χ1v) is 6.66. The van der Waals surface area contributed by atoms with Gasteiger partial charge in [0, 0.05) is 12.8 Å². The van der Waals surface area contributed by atoms with E-state index < -0.39 is 5.54 Å². The molecule has 1 amide bonds. The molecule has 0 saturated heterocycles. The number of nitriles is 1. The van der Waals surface area contributed by atoms with Crippen molar-refractivity contribution in [1.82, 2.24) is 5.32 Å². The summed E-state index contributed by atoms with van der Waals surface area (Å²) < 4.78 is 4.99. The minimum Gasteiger partial charge on any atom is -0.394 e. The number of carbonyl (C=O) groups is 1. The summed E-state index contributed by atoms with van der Waals surface area (Å²) in [6.45, 7) is 1.89. The fourth-order valence-corrected chi connectivity index (χ4v) is 1.88. The summed E-state index contributed by atoms with van der Waals surface area (Å²) in [6, 6.07) is 6.59. The summed E-state index contributed by atoms with van der Waals surface area (Å²) in [5.74, 6) is -0.286. The molecule has 7 heteroatoms. The number of rotatable bonds is 7. The van der Waals surface area contributed by atoms with E-state index in [0.717, 1.165) is 0 Å². The van der Waals surface area contributed by atoms with Gasteiger partial charge in [-0.15, -0.1) is 0 Å². The van der Waals surface area contributed by atoms with E-state index >= 15 is 0 Å². The van der Waals surface area contributed by atoms with Gasteiger partial charge in [-0.2, -0.15) is 5.26 Å². The van der Waals surface area contributed by atoms with E-state index in [-0.39, 0.29) is 30.7 Å². The Labute approximate surface area is 128 Å². The lowest BCUT2D eigenvalue weighted by Crippen LogP contribution is -2.51. The van der Waals surface area contributed by atoms with Crippen LogP contribution in [0.1, 0.15) is 12.5 Å². The maximum Gasteiger partial charge on any atom is 0.238 e. The number of aliphatic hydroxyl groups excluding tert-OH is 1. The van der Waals surface area contributed by atoms with Gasteiger partial charge < -0.3 is 15.2 Å². The number of aliphatic hydroxyl groups is 1. The maximum absolute atomic E-state index is 11.8. The number of hydrogen-bond donors (Lipinski definition) is 3. The van der Waals surface area contributed by atoms with Gasteiger partial charge in [-0.3, -0.25) is 10.1 Å². The molecule has 114 valence electrons. The second kappa shape index (κ2) is 7.96. The molecule has 1 atom stereocenters. The van der Waals surface area contributed by atoms with Crippen LogP contribution < -0.4 is 10.6 Å². The van der Waals surface area contributed by atoms with Gasteiger partial charge in [0.25, 0.3) is 0 Å². The van der Waals surface area contributed by atoms with Gasteiger partial charge in [0.1, 0.15) is 6.07 Å². The minimum atomic E-state index is -0.686. The zero-order valence-electron chi connectivity index (χ0n) is 11.9. The van der Waals surface area contributed by atoms with Gasteiger partial charge in [-0.1, -0.05) is 11.6 Å². The molecule has 3 N–H and O–H groups in total. The third-order valence-corrected chi connectivity index (χ3v) is 3.17. The highest BCUT2D eigenvalue weighted by molar-refractivity contribution is 6.32. The summed E-state index contributed by atoms with van der Waals surface area (Å²) in [7, 11) is 1.52. The van der Waals surface area contributed by atoms with E-state index in [0.29, 0.717) is 11.3 Å². The van der Waals surface area contributed by atoms with Crippen LogP contribution in [0, 0.1) is 11.3 Å². The Kier molecular flexibility index (Phi) is 6.59. The molecule has 0 heterocycles. The number of halogens is 1. The Morgan fingerprint density at radius 3 is 2.81 bits per heavy atom. The lowest BCUT2D eigenvalue weighted by Gasteiger charge is -2.27. The largest absolute Gasteiger partial charge is 0.394 e. The van der Waals surface area contributed by atoms with Crippen molar-refractivity contribution in [1.29, 1.82) is 5.26 Å². The van der Waals surface area contributed by atoms with Crippen LogP contribution in [0.15, 0.2) is 18.2 Å². The Hall–Kier alpha value is -1.65. The van der Waals surface area contributed by atoms with Crippen molar-refractivity contribution >= 4 is 23.2 Å². The molecule has 0 fully saturated rings. The molecule has 1 aromatic rings. The summed E-state index contributed by atoms with van der Waals surface area (Å²) >= 11 is 5.89. The molecule has 0 spiro atoms. The first-order valence-electron chi connectivity index (χ1n) is 6.28. The van der Waals surface area contributed by atoms with Gasteiger partial charge in [-0.25, -0.2) is 0 Å². The molecule has 21 heavy (non-hydrogen) atoms. The number of ether oxygens (including phenoxy) is 1. The van der Waals surface area contributed by atoms with E-state index in [4.69, 9.17) is 21.6 Å². The monoisotopic (exact) mass is 311 g/mol. The average Bonchev–Trinajstić information content (AvgIpc) is 2.46. The number of benzene rings is 1. The van der Waals surface area contributed by atoms with Crippen LogP contribution >= 0.6 is 11.6 Å². The van der Waals surface area contributed by atoms with Crippen LogP contribution in [0.25, 0.3) is 0 Å². The zero-order valence-corrected chi connectivity index (χ0v) is 12.7. The van der Waals surface area contributed by atoms with Crippen LogP contribution in [0.2, 0.25) is 5.02 Å². The molecule has 1 unspecified atom stereocenters. The number of hydrogen-bond acceptors (Lipinski definition) is 5. The smallest absolute Gasteiger partial charge is 0.238 e. The highest BCUT2D eigenvalue weighted by atomic mass is 35.5. The van der Waals surface area contributed by atoms with E-state index in [1.54, 1.807) is 13.0 Å². The summed E-state index contributed by atoms with van der Waals surface area (Å²) in [5, 5.41) is 23.9. The molecule has 6 nitrogen and oxygen atoms in total. The molecule has 0 saturated carbocycles. The van der Waals surface area contributed by atoms with Crippen molar-refractivity contribution in [3.05, 3.63) is 28.8 Å². The molecule has 0 aliphatic heterocycles. The topological polar surface area (TPSA) is 94.4 Å². The first-order chi connectivity index (χ1) is 9.94. The van der Waals surface area contributed by atoms with E-state index in [1.165, 1.54) is 19.2 Å². The van der Waals surface area contributed by atoms with Gasteiger partial charge in [0.05, 0.1) is 35.9 Å². The third-order valence-electron chi connectivity index (χ3n) is 2.86. The lowest BCUT2D eigenvalue weighted by atomic mass is 10.1. The fraction of sp³-hybridized carbons (Fsp3) is 0.429. The van der Waals surface area contributed by atoms with Crippen LogP contribution in [0.5, 0.6) is 0 Å². The zero-order chi connectivity index (χ0) is 15.9. The molecule has 0 aliphatic carbocycles. The third kappa shape index (κ3) is 5.33. The lowest BCUT2D eigenvalue weighted by molar-refractivity contribution is -0.116. The molecule has 0 aromatic heterocycles. The highest BCUT2D eigenvalue weighted by Crippen LogP contribution is 2.20. The van der Waals surface area contributed by atoms with Crippen molar-refractivity contribution in [2.45, 2.75) is 12.5 Å². The van der Waals surface area contributed by atoms with Gasteiger partial charge in [0.2, 0.25) is 5.91 Å². The number of anilines is 1. The summed E-state index contributed by atoms with van der Waals surface area (Å²) in [6.07, 6.45) is 0. The van der Waals surface area contributed by atoms with Gasteiger partial charge in [-0.05, 0) is 25.1 Å². The second-order valence-corrected chi connectivity index (χ2v) is 5.27. The molecular weight excluding hydrogens is 294 g/mol. The van der Waals surface area contributed by atoms with Crippen LogP contribution in [0.3, 0.4) is 0 Å². The average molecular weight is 312 g/mol. The Morgan fingerprint density at radius 1 is 1.57 bits per heavy atom. The maximum atomic E-state index is 11.8. The van der Waals surface area contributed by atoms with Crippen LogP contribution in [-0.4, -0.2) is 43.4 Å². The Morgan fingerprint density at radius 2 is 2.29 bits per heavy atom. The first kappa shape index (κ1) is 17.4. The van der Waals surface area contributed by atoms with Gasteiger partial charge in [0.15, 0.2) is 0 Å². The normalized spacial score (nSPS) is 13.3. The highest BCUT2D eigenvalue weighted by Gasteiger charge is 2.23. The van der Waals surface area contributed by atoms with Crippen molar-refractivity contribution in [3.8, 4) is 6.07 Å². The summed E-state index contributed by atoms with van der Waals surface area (Å²) in [4.78, 5) is 11.8. The van der Waals surface area contributed by atoms with Crippen molar-refractivity contribution in [2.75, 3.05) is 32.2 Å². The van der Waals surface area contributed by atoms with Crippen LogP contribution in [0.4, 0.5) is 5.69 Å². The van der Waals surface area contributed by atoms with Crippen molar-refractivity contribution in [2.24, 2.45) is 0 Å². The predicted octanol–water partition coefficient (Wildman–Crippen LogP) is 1.14. The Balaban J connectivity index is 2.58. The number of nitrogens with zero attached hydrogens (tertiary/aromatic N) is 1. The molecule has 0 radical (unpaired) electrons. The fourth-order valence-electron chi connectivity index (χ4n) is 1.65. The number of methoxy groups -OCH3 is 1. The second-order valence-electron chi connectivity index (χ2n) is 4.86. The quantitative estimate of drug-likeness (QED) is 0.702. The standard InChI is InChI=1S/C14H18ClN3O3/c1-14(8-19,9-21-2)17-7-13(20)18-11-4-3-10(6-16)12(15)5-11/h3-5,17,19H,7-9H2,1-2H3,(H,18,20). The molecular formula is C14H18ClN3O3. The van der Waals surface area contributed by atoms with E-state index in [2.05, 4.69) is 10.6 Å².